The van der Waals surface area contributed by atoms with Crippen LogP contribution in [-0.2, 0) is 0 Å². The Bertz CT molecular complexity index is 614. The highest BCUT2D eigenvalue weighted by Crippen LogP contribution is 2.15. The number of anilines is 2. The number of hydrogen-bond acceptors (Lipinski definition) is 4. The van der Waals surface area contributed by atoms with Crippen LogP contribution in [0.4, 0.5) is 11.4 Å². The van der Waals surface area contributed by atoms with Crippen LogP contribution in [0.2, 0.25) is 5.02 Å². The van der Waals surface area contributed by atoms with Crippen LogP contribution in [0, 0.1) is 0 Å². The molecule has 1 amide bonds. The minimum absolute atomic E-state index is 0.218. The summed E-state index contributed by atoms with van der Waals surface area (Å²) in [5.74, 6) is -0.218. The summed E-state index contributed by atoms with van der Waals surface area (Å²) in [5.41, 5.74) is 1.95. The molecule has 0 aliphatic heterocycles. The van der Waals surface area contributed by atoms with E-state index in [9.17, 15) is 9.90 Å². The van der Waals surface area contributed by atoms with Gasteiger partial charge in [-0.3, -0.25) is 4.79 Å². The van der Waals surface area contributed by atoms with Gasteiger partial charge in [-0.2, -0.15) is 0 Å². The van der Waals surface area contributed by atoms with E-state index in [1.54, 1.807) is 48.5 Å². The van der Waals surface area contributed by atoms with Crippen molar-refractivity contribution >= 4 is 28.9 Å². The standard InChI is InChI=1S/C16H17ClN2O3/c17-12-3-7-14(8-4-12)19-16(22)11-1-5-13(6-2-11)18-9-15(21)10-20/h1-8,15,18,20-21H,9-10H2,(H,19,22). The van der Waals surface area contributed by atoms with Crippen LogP contribution in [0.5, 0.6) is 0 Å². The molecule has 0 saturated heterocycles. The molecule has 0 saturated carbocycles. The topological polar surface area (TPSA) is 81.6 Å². The zero-order chi connectivity index (χ0) is 15.9. The van der Waals surface area contributed by atoms with Gasteiger partial charge in [0.1, 0.15) is 0 Å². The number of nitrogens with one attached hydrogen (secondary N) is 2. The fourth-order valence-electron chi connectivity index (χ4n) is 1.78. The Balaban J connectivity index is 1.94. The van der Waals surface area contributed by atoms with Crippen LogP contribution in [0.15, 0.2) is 48.5 Å². The highest BCUT2D eigenvalue weighted by Gasteiger charge is 2.06. The molecular formula is C16H17ClN2O3. The number of halogens is 1. The first-order chi connectivity index (χ1) is 10.6. The highest BCUT2D eigenvalue weighted by atomic mass is 35.5. The molecule has 5 nitrogen and oxygen atoms in total. The van der Waals surface area contributed by atoms with E-state index in [2.05, 4.69) is 10.6 Å². The Kier molecular flexibility index (Phi) is 5.77. The number of carbonyl (C=O) groups excluding carboxylic acids is 1. The van der Waals surface area contributed by atoms with Crippen molar-refractivity contribution < 1.29 is 15.0 Å². The lowest BCUT2D eigenvalue weighted by atomic mass is 10.2. The number of rotatable bonds is 6. The van der Waals surface area contributed by atoms with Crippen LogP contribution in [-0.4, -0.2) is 35.4 Å². The third-order valence-corrected chi connectivity index (χ3v) is 3.25. The van der Waals surface area contributed by atoms with Crippen molar-refractivity contribution in [2.45, 2.75) is 6.10 Å². The molecule has 0 heterocycles. The van der Waals surface area contributed by atoms with E-state index >= 15 is 0 Å². The zero-order valence-corrected chi connectivity index (χ0v) is 12.5. The van der Waals surface area contributed by atoms with E-state index in [0.717, 1.165) is 5.69 Å². The molecule has 1 unspecified atom stereocenters. The van der Waals surface area contributed by atoms with E-state index in [1.807, 2.05) is 0 Å². The Labute approximate surface area is 133 Å². The van der Waals surface area contributed by atoms with Gasteiger partial charge in [0.2, 0.25) is 0 Å². The van der Waals surface area contributed by atoms with Gasteiger partial charge in [0, 0.05) is 28.5 Å². The molecule has 1 atom stereocenters. The summed E-state index contributed by atoms with van der Waals surface area (Å²) in [6.07, 6.45) is -0.812. The Morgan fingerprint density at radius 3 is 2.23 bits per heavy atom. The summed E-state index contributed by atoms with van der Waals surface area (Å²) in [6.45, 7) is -0.0542. The Morgan fingerprint density at radius 2 is 1.64 bits per heavy atom. The molecule has 0 bridgehead atoms. The van der Waals surface area contributed by atoms with Crippen LogP contribution in [0.3, 0.4) is 0 Å². The Morgan fingerprint density at radius 1 is 1.05 bits per heavy atom. The first kappa shape index (κ1) is 16.3. The largest absolute Gasteiger partial charge is 0.394 e. The number of aliphatic hydroxyl groups is 2. The third kappa shape index (κ3) is 4.73. The molecule has 0 spiro atoms. The lowest BCUT2D eigenvalue weighted by Gasteiger charge is -2.11. The highest BCUT2D eigenvalue weighted by molar-refractivity contribution is 6.30. The summed E-state index contributed by atoms with van der Waals surface area (Å²) in [4.78, 5) is 12.1. The van der Waals surface area contributed by atoms with Crippen molar-refractivity contribution in [3.05, 3.63) is 59.1 Å². The third-order valence-electron chi connectivity index (χ3n) is 3.00. The molecule has 0 fully saturated rings. The molecule has 2 aromatic carbocycles. The van der Waals surface area contributed by atoms with Crippen molar-refractivity contribution in [1.29, 1.82) is 0 Å². The van der Waals surface area contributed by atoms with Crippen LogP contribution < -0.4 is 10.6 Å². The van der Waals surface area contributed by atoms with Crippen LogP contribution >= 0.6 is 11.6 Å². The lowest BCUT2D eigenvalue weighted by molar-refractivity contribution is 0.102. The van der Waals surface area contributed by atoms with Gasteiger partial charge >= 0.3 is 0 Å². The van der Waals surface area contributed by atoms with Gasteiger partial charge in [-0.15, -0.1) is 0 Å². The van der Waals surface area contributed by atoms with Gasteiger partial charge in [-0.25, -0.2) is 0 Å². The van der Waals surface area contributed by atoms with Gasteiger partial charge < -0.3 is 20.8 Å². The normalized spacial score (nSPS) is 11.8. The number of aliphatic hydroxyl groups excluding tert-OH is 2. The SMILES string of the molecule is O=C(Nc1ccc(Cl)cc1)c1ccc(NCC(O)CO)cc1. The molecule has 22 heavy (non-hydrogen) atoms. The first-order valence-corrected chi connectivity index (χ1v) is 7.16. The summed E-state index contributed by atoms with van der Waals surface area (Å²) >= 11 is 5.79. The molecule has 0 aliphatic carbocycles. The number of benzene rings is 2. The second kappa shape index (κ2) is 7.79. The van der Waals surface area contributed by atoms with Crippen molar-refractivity contribution in [2.24, 2.45) is 0 Å². The van der Waals surface area contributed by atoms with Crippen molar-refractivity contribution in [2.75, 3.05) is 23.8 Å². The predicted octanol–water partition coefficient (Wildman–Crippen LogP) is 2.36. The molecule has 0 radical (unpaired) electrons. The summed E-state index contributed by atoms with van der Waals surface area (Å²) < 4.78 is 0. The Hall–Kier alpha value is -2.08. The van der Waals surface area contributed by atoms with Crippen LogP contribution in [0.25, 0.3) is 0 Å². The molecular weight excluding hydrogens is 304 g/mol. The molecule has 6 heteroatoms. The number of hydrogen-bond donors (Lipinski definition) is 4. The van der Waals surface area contributed by atoms with Crippen LogP contribution in [0.1, 0.15) is 10.4 Å². The summed E-state index contributed by atoms with van der Waals surface area (Å²) in [7, 11) is 0. The van der Waals surface area contributed by atoms with E-state index in [1.165, 1.54) is 0 Å². The smallest absolute Gasteiger partial charge is 0.255 e. The molecule has 4 N–H and O–H groups in total. The summed E-state index contributed by atoms with van der Waals surface area (Å²) in [6, 6.07) is 13.7. The average Bonchev–Trinajstić information content (AvgIpc) is 2.55. The maximum absolute atomic E-state index is 12.1. The second-order valence-corrected chi connectivity index (χ2v) is 5.19. The molecule has 116 valence electrons. The van der Waals surface area contributed by atoms with Gasteiger partial charge in [-0.1, -0.05) is 11.6 Å². The molecule has 0 aliphatic rings. The van der Waals surface area contributed by atoms with E-state index in [-0.39, 0.29) is 19.1 Å². The van der Waals surface area contributed by atoms with Crippen molar-refractivity contribution in [3.63, 3.8) is 0 Å². The molecule has 2 aromatic rings. The quantitative estimate of drug-likeness (QED) is 0.658. The summed E-state index contributed by atoms with van der Waals surface area (Å²) in [5, 5.41) is 24.3. The maximum Gasteiger partial charge on any atom is 0.255 e. The van der Waals surface area contributed by atoms with Gasteiger partial charge in [0.15, 0.2) is 0 Å². The number of amides is 1. The van der Waals surface area contributed by atoms with Crippen molar-refractivity contribution in [3.8, 4) is 0 Å². The van der Waals surface area contributed by atoms with E-state index in [0.29, 0.717) is 16.3 Å². The predicted molar refractivity (Wildman–Crippen MR) is 87.4 cm³/mol. The van der Waals surface area contributed by atoms with Gasteiger partial charge in [0.05, 0.1) is 12.7 Å². The minimum Gasteiger partial charge on any atom is -0.394 e. The average molecular weight is 321 g/mol. The minimum atomic E-state index is -0.812. The van der Waals surface area contributed by atoms with Crippen molar-refractivity contribution in [1.82, 2.24) is 0 Å². The molecule has 2 rings (SSSR count). The first-order valence-electron chi connectivity index (χ1n) is 6.78. The van der Waals surface area contributed by atoms with E-state index in [4.69, 9.17) is 16.7 Å². The lowest BCUT2D eigenvalue weighted by Crippen LogP contribution is -2.22. The fourth-order valence-corrected chi connectivity index (χ4v) is 1.90. The monoisotopic (exact) mass is 320 g/mol. The fraction of sp³-hybridized carbons (Fsp3) is 0.188. The van der Waals surface area contributed by atoms with Gasteiger partial charge in [0.25, 0.3) is 5.91 Å². The number of carbonyl (C=O) groups is 1. The second-order valence-electron chi connectivity index (χ2n) is 4.76. The maximum atomic E-state index is 12.1. The zero-order valence-electron chi connectivity index (χ0n) is 11.8. The van der Waals surface area contributed by atoms with Gasteiger partial charge in [-0.05, 0) is 48.5 Å². The van der Waals surface area contributed by atoms with E-state index < -0.39 is 6.10 Å². The molecule has 0 aromatic heterocycles.